The van der Waals surface area contributed by atoms with Gasteiger partial charge < -0.3 is 19.7 Å². The Morgan fingerprint density at radius 1 is 1.00 bits per heavy atom. The number of benzene rings is 2. The van der Waals surface area contributed by atoms with Crippen LogP contribution in [0, 0.1) is 0 Å². The minimum Gasteiger partial charge on any atom is -0.454 e. The average Bonchev–Trinajstić information content (AvgIpc) is 3.38. The summed E-state index contributed by atoms with van der Waals surface area (Å²) in [5, 5.41) is 2.75. The Labute approximate surface area is 170 Å². The fraction of sp³-hybridized carbons (Fsp3) is 0.391. The molecule has 2 amide bonds. The average molecular weight is 394 g/mol. The van der Waals surface area contributed by atoms with Crippen LogP contribution in [0.4, 0.5) is 5.69 Å². The van der Waals surface area contributed by atoms with Crippen molar-refractivity contribution in [1.29, 1.82) is 0 Å². The van der Waals surface area contributed by atoms with E-state index in [1.54, 1.807) is 0 Å². The number of carbonyl (C=O) groups is 2. The number of nitrogens with zero attached hydrogens (tertiary/aromatic N) is 1. The van der Waals surface area contributed by atoms with E-state index in [4.69, 9.17) is 9.47 Å². The van der Waals surface area contributed by atoms with E-state index in [2.05, 4.69) is 5.32 Å². The molecule has 0 atom stereocenters. The Bertz CT molecular complexity index is 888. The van der Waals surface area contributed by atoms with E-state index in [1.165, 1.54) is 19.8 Å². The fourth-order valence-electron chi connectivity index (χ4n) is 4.06. The van der Waals surface area contributed by atoms with Crippen LogP contribution in [0.5, 0.6) is 11.5 Å². The lowest BCUT2D eigenvalue weighted by Crippen LogP contribution is -2.39. The molecule has 0 radical (unpaired) electrons. The van der Waals surface area contributed by atoms with Crippen molar-refractivity contribution in [3.63, 3.8) is 0 Å². The van der Waals surface area contributed by atoms with Gasteiger partial charge in [0, 0.05) is 25.2 Å². The topological polar surface area (TPSA) is 67.9 Å². The molecule has 4 rings (SSSR count). The maximum atomic E-state index is 13.2. The molecular weight excluding hydrogens is 368 g/mol. The highest BCUT2D eigenvalue weighted by molar-refractivity contribution is 5.88. The van der Waals surface area contributed by atoms with Crippen LogP contribution in [0.15, 0.2) is 42.5 Å². The molecule has 152 valence electrons. The van der Waals surface area contributed by atoms with Crippen LogP contribution in [-0.4, -0.2) is 29.5 Å². The van der Waals surface area contributed by atoms with Crippen LogP contribution in [0.3, 0.4) is 0 Å². The second-order valence-corrected chi connectivity index (χ2v) is 7.70. The molecular formula is C23H26N2O4. The zero-order chi connectivity index (χ0) is 20.2. The number of rotatable bonds is 6. The van der Waals surface area contributed by atoms with Gasteiger partial charge in [-0.25, -0.2) is 0 Å². The first-order chi connectivity index (χ1) is 14.1. The SMILES string of the molecule is CC(=O)Nc1ccc(CC(=O)N(Cc2ccc3c(c2)OCO3)C2CCCC2)cc1. The van der Waals surface area contributed by atoms with Crippen LogP contribution in [-0.2, 0) is 22.6 Å². The zero-order valence-corrected chi connectivity index (χ0v) is 16.6. The summed E-state index contributed by atoms with van der Waals surface area (Å²) in [6.45, 7) is 2.30. The Morgan fingerprint density at radius 2 is 1.69 bits per heavy atom. The summed E-state index contributed by atoms with van der Waals surface area (Å²) in [6.07, 6.45) is 4.79. The lowest BCUT2D eigenvalue weighted by atomic mass is 10.1. The molecule has 0 saturated heterocycles. The van der Waals surface area contributed by atoms with Gasteiger partial charge in [0.05, 0.1) is 6.42 Å². The van der Waals surface area contributed by atoms with Gasteiger partial charge in [-0.2, -0.15) is 0 Å². The molecule has 0 unspecified atom stereocenters. The number of ether oxygens (including phenoxy) is 2. The summed E-state index contributed by atoms with van der Waals surface area (Å²) in [5.41, 5.74) is 2.73. The minimum absolute atomic E-state index is 0.107. The van der Waals surface area contributed by atoms with Crippen molar-refractivity contribution in [1.82, 2.24) is 4.90 Å². The first-order valence-corrected chi connectivity index (χ1v) is 10.1. The maximum absolute atomic E-state index is 13.2. The van der Waals surface area contributed by atoms with Gasteiger partial charge in [-0.3, -0.25) is 9.59 Å². The molecule has 0 spiro atoms. The van der Waals surface area contributed by atoms with Crippen molar-refractivity contribution in [3.8, 4) is 11.5 Å². The third-order valence-corrected chi connectivity index (χ3v) is 5.51. The normalized spacial score (nSPS) is 15.3. The minimum atomic E-state index is -0.107. The molecule has 0 aromatic heterocycles. The highest BCUT2D eigenvalue weighted by atomic mass is 16.7. The van der Waals surface area contributed by atoms with E-state index < -0.39 is 0 Å². The summed E-state index contributed by atoms with van der Waals surface area (Å²) in [7, 11) is 0. The molecule has 1 aliphatic heterocycles. The van der Waals surface area contributed by atoms with Crippen LogP contribution in [0.2, 0.25) is 0 Å². The van der Waals surface area contributed by atoms with Crippen molar-refractivity contribution in [2.45, 2.75) is 51.6 Å². The second kappa shape index (κ2) is 8.55. The Balaban J connectivity index is 1.47. The van der Waals surface area contributed by atoms with Crippen LogP contribution < -0.4 is 14.8 Å². The summed E-state index contributed by atoms with van der Waals surface area (Å²) < 4.78 is 10.9. The summed E-state index contributed by atoms with van der Waals surface area (Å²) in [6, 6.07) is 13.6. The van der Waals surface area contributed by atoms with E-state index in [0.717, 1.165) is 41.2 Å². The lowest BCUT2D eigenvalue weighted by molar-refractivity contribution is -0.133. The number of amides is 2. The molecule has 1 fully saturated rings. The van der Waals surface area contributed by atoms with Crippen molar-refractivity contribution in [3.05, 3.63) is 53.6 Å². The summed E-state index contributed by atoms with van der Waals surface area (Å²) in [5.74, 6) is 1.52. The third-order valence-electron chi connectivity index (χ3n) is 5.51. The van der Waals surface area contributed by atoms with E-state index in [-0.39, 0.29) is 24.6 Å². The van der Waals surface area contributed by atoms with Crippen molar-refractivity contribution in [2.75, 3.05) is 12.1 Å². The summed E-state index contributed by atoms with van der Waals surface area (Å²) >= 11 is 0. The predicted octanol–water partition coefficient (Wildman–Crippen LogP) is 3.89. The van der Waals surface area contributed by atoms with Crippen LogP contribution in [0.1, 0.15) is 43.7 Å². The quantitative estimate of drug-likeness (QED) is 0.807. The number of fused-ring (bicyclic) bond motifs is 1. The fourth-order valence-corrected chi connectivity index (χ4v) is 4.06. The Morgan fingerprint density at radius 3 is 2.41 bits per heavy atom. The molecule has 2 aromatic carbocycles. The van der Waals surface area contributed by atoms with Gasteiger partial charge >= 0.3 is 0 Å². The number of hydrogen-bond acceptors (Lipinski definition) is 4. The van der Waals surface area contributed by atoms with Gasteiger partial charge in [0.15, 0.2) is 11.5 Å². The zero-order valence-electron chi connectivity index (χ0n) is 16.6. The van der Waals surface area contributed by atoms with E-state index in [9.17, 15) is 9.59 Å². The largest absolute Gasteiger partial charge is 0.454 e. The molecule has 29 heavy (non-hydrogen) atoms. The Hall–Kier alpha value is -3.02. The monoisotopic (exact) mass is 394 g/mol. The third kappa shape index (κ3) is 4.70. The molecule has 1 heterocycles. The highest BCUT2D eigenvalue weighted by Gasteiger charge is 2.27. The molecule has 2 aromatic rings. The van der Waals surface area contributed by atoms with Gasteiger partial charge in [-0.15, -0.1) is 0 Å². The standard InChI is InChI=1S/C23H26N2O4/c1-16(26)24-19-9-6-17(7-10-19)13-23(27)25(20-4-2-3-5-20)14-18-8-11-21-22(12-18)29-15-28-21/h6-12,20H,2-5,13-15H2,1H3,(H,24,26). The first kappa shape index (κ1) is 19.3. The van der Waals surface area contributed by atoms with Crippen molar-refractivity contribution < 1.29 is 19.1 Å². The second-order valence-electron chi connectivity index (χ2n) is 7.70. The van der Waals surface area contributed by atoms with E-state index in [0.29, 0.717) is 13.0 Å². The number of carbonyl (C=O) groups excluding carboxylic acids is 2. The first-order valence-electron chi connectivity index (χ1n) is 10.1. The predicted molar refractivity (Wildman–Crippen MR) is 110 cm³/mol. The van der Waals surface area contributed by atoms with Gasteiger partial charge in [0.2, 0.25) is 18.6 Å². The van der Waals surface area contributed by atoms with E-state index in [1.807, 2.05) is 47.4 Å². The molecule has 6 heteroatoms. The van der Waals surface area contributed by atoms with Crippen molar-refractivity contribution in [2.24, 2.45) is 0 Å². The van der Waals surface area contributed by atoms with Gasteiger partial charge in [0.1, 0.15) is 0 Å². The molecule has 0 bridgehead atoms. The van der Waals surface area contributed by atoms with Gasteiger partial charge in [-0.1, -0.05) is 31.0 Å². The molecule has 1 aliphatic carbocycles. The Kier molecular flexibility index (Phi) is 5.69. The van der Waals surface area contributed by atoms with Crippen LogP contribution in [0.25, 0.3) is 0 Å². The molecule has 6 nitrogen and oxygen atoms in total. The number of nitrogens with one attached hydrogen (secondary N) is 1. The highest BCUT2D eigenvalue weighted by Crippen LogP contribution is 2.34. The molecule has 1 N–H and O–H groups in total. The number of hydrogen-bond donors (Lipinski definition) is 1. The van der Waals surface area contributed by atoms with Crippen molar-refractivity contribution >= 4 is 17.5 Å². The van der Waals surface area contributed by atoms with E-state index >= 15 is 0 Å². The van der Waals surface area contributed by atoms with Crippen LogP contribution >= 0.6 is 0 Å². The number of anilines is 1. The van der Waals surface area contributed by atoms with Gasteiger partial charge in [0.25, 0.3) is 0 Å². The van der Waals surface area contributed by atoms with Gasteiger partial charge in [-0.05, 0) is 48.2 Å². The molecule has 2 aliphatic rings. The molecule has 1 saturated carbocycles. The smallest absolute Gasteiger partial charge is 0.231 e. The maximum Gasteiger partial charge on any atom is 0.231 e. The lowest BCUT2D eigenvalue weighted by Gasteiger charge is -2.29. The summed E-state index contributed by atoms with van der Waals surface area (Å²) in [4.78, 5) is 26.4.